The van der Waals surface area contributed by atoms with Crippen molar-refractivity contribution in [3.8, 4) is 11.3 Å². The summed E-state index contributed by atoms with van der Waals surface area (Å²) in [6.45, 7) is 2.81. The molecule has 2 atom stereocenters. The van der Waals surface area contributed by atoms with Crippen molar-refractivity contribution in [1.29, 1.82) is 0 Å². The molecule has 132 valence electrons. The molecule has 6 nitrogen and oxygen atoms in total. The summed E-state index contributed by atoms with van der Waals surface area (Å²) >= 11 is 0. The third-order valence-electron chi connectivity index (χ3n) is 4.60. The minimum atomic E-state index is -0.278. The van der Waals surface area contributed by atoms with Crippen LogP contribution in [-0.2, 0) is 4.74 Å². The molecule has 0 saturated carbocycles. The van der Waals surface area contributed by atoms with Crippen molar-refractivity contribution in [2.75, 3.05) is 13.2 Å². The fourth-order valence-electron chi connectivity index (χ4n) is 3.08. The highest BCUT2D eigenvalue weighted by atomic mass is 16.6. The summed E-state index contributed by atoms with van der Waals surface area (Å²) in [6.07, 6.45) is 6.87. The molecule has 1 N–H and O–H groups in total. The van der Waals surface area contributed by atoms with Crippen molar-refractivity contribution in [2.24, 2.45) is 0 Å². The van der Waals surface area contributed by atoms with Crippen LogP contribution in [0.4, 0.5) is 4.79 Å². The van der Waals surface area contributed by atoms with E-state index in [1.807, 2.05) is 31.2 Å². The predicted octanol–water partition coefficient (Wildman–Crippen LogP) is 3.19. The van der Waals surface area contributed by atoms with E-state index in [0.29, 0.717) is 13.0 Å². The van der Waals surface area contributed by atoms with Gasteiger partial charge in [-0.3, -0.25) is 9.97 Å². The molecular weight excluding hydrogens is 318 g/mol. The third-order valence-corrected chi connectivity index (χ3v) is 4.60. The Morgan fingerprint density at radius 1 is 1.32 bits per heavy atom. The van der Waals surface area contributed by atoms with Crippen LogP contribution in [0.3, 0.4) is 0 Å². The van der Waals surface area contributed by atoms with Crippen molar-refractivity contribution in [3.05, 3.63) is 48.4 Å². The molecule has 2 heterocycles. The molecule has 1 aliphatic heterocycles. The van der Waals surface area contributed by atoms with Crippen LogP contribution < -0.4 is 0 Å². The normalized spacial score (nSPS) is 18.7. The fourth-order valence-corrected chi connectivity index (χ4v) is 3.08. The van der Waals surface area contributed by atoms with Gasteiger partial charge in [0.1, 0.15) is 6.10 Å². The molecule has 1 fully saturated rings. The summed E-state index contributed by atoms with van der Waals surface area (Å²) in [5, 5.41) is 8.90. The molecule has 1 amide bonds. The Morgan fingerprint density at radius 2 is 2.12 bits per heavy atom. The van der Waals surface area contributed by atoms with Crippen molar-refractivity contribution in [3.63, 3.8) is 0 Å². The van der Waals surface area contributed by atoms with E-state index in [4.69, 9.17) is 9.84 Å². The predicted molar refractivity (Wildman–Crippen MR) is 93.8 cm³/mol. The quantitative estimate of drug-likeness (QED) is 0.873. The Bertz CT molecular complexity index is 691. The van der Waals surface area contributed by atoms with Gasteiger partial charge in [0.15, 0.2) is 0 Å². The van der Waals surface area contributed by atoms with Gasteiger partial charge in [-0.1, -0.05) is 24.3 Å². The summed E-state index contributed by atoms with van der Waals surface area (Å²) in [4.78, 5) is 22.4. The first kappa shape index (κ1) is 17.4. The highest BCUT2D eigenvalue weighted by molar-refractivity contribution is 5.69. The van der Waals surface area contributed by atoms with E-state index in [-0.39, 0.29) is 24.8 Å². The van der Waals surface area contributed by atoms with Crippen LogP contribution in [0.25, 0.3) is 11.3 Å². The molecular formula is C19H23N3O3. The summed E-state index contributed by atoms with van der Waals surface area (Å²) in [7, 11) is 0. The lowest BCUT2D eigenvalue weighted by Gasteiger charge is -2.35. The Labute approximate surface area is 147 Å². The van der Waals surface area contributed by atoms with Gasteiger partial charge in [0.2, 0.25) is 0 Å². The summed E-state index contributed by atoms with van der Waals surface area (Å²) in [6, 6.07) is 7.96. The lowest BCUT2D eigenvalue weighted by atomic mass is 10.0. The zero-order valence-corrected chi connectivity index (χ0v) is 14.3. The number of carbonyl (C=O) groups excluding carboxylic acids is 1. The number of rotatable bonds is 6. The first-order valence-corrected chi connectivity index (χ1v) is 8.63. The van der Waals surface area contributed by atoms with E-state index in [9.17, 15) is 4.79 Å². The highest BCUT2D eigenvalue weighted by Gasteiger charge is 2.30. The number of cyclic esters (lactones) is 1. The van der Waals surface area contributed by atoms with Crippen LogP contribution in [-0.4, -0.2) is 45.3 Å². The summed E-state index contributed by atoms with van der Waals surface area (Å²) < 4.78 is 5.49. The third kappa shape index (κ3) is 4.14. The number of hydrogen-bond donors (Lipinski definition) is 1. The molecule has 1 aromatic carbocycles. The fraction of sp³-hybridized carbons (Fsp3) is 0.421. The van der Waals surface area contributed by atoms with Gasteiger partial charge in [-0.25, -0.2) is 4.79 Å². The van der Waals surface area contributed by atoms with Crippen LogP contribution in [0.5, 0.6) is 0 Å². The van der Waals surface area contributed by atoms with Crippen molar-refractivity contribution < 1.29 is 14.6 Å². The zero-order chi connectivity index (χ0) is 17.6. The topological polar surface area (TPSA) is 75.6 Å². The highest BCUT2D eigenvalue weighted by Crippen LogP contribution is 2.27. The number of aliphatic hydroxyl groups is 1. The van der Waals surface area contributed by atoms with Gasteiger partial charge in [0.25, 0.3) is 0 Å². The second-order valence-electron chi connectivity index (χ2n) is 6.24. The monoisotopic (exact) mass is 341 g/mol. The lowest BCUT2D eigenvalue weighted by molar-refractivity contribution is 0.00760. The standard InChI is InChI=1S/C19H23N3O3/c1-14(22-11-8-17(3-2-12-23)25-19(22)24)15-4-6-16(7-5-15)18-13-20-9-10-21-18/h4-7,9-10,13-14,17,23H,2-3,8,11-12H2,1H3. The number of nitrogens with zero attached hydrogens (tertiary/aromatic N) is 3. The molecule has 0 radical (unpaired) electrons. The Morgan fingerprint density at radius 3 is 2.76 bits per heavy atom. The molecule has 0 spiro atoms. The van der Waals surface area contributed by atoms with Crippen LogP contribution in [0, 0.1) is 0 Å². The molecule has 25 heavy (non-hydrogen) atoms. The number of aromatic nitrogens is 2. The lowest BCUT2D eigenvalue weighted by Crippen LogP contribution is -2.43. The minimum absolute atomic E-state index is 0.0535. The number of benzene rings is 1. The van der Waals surface area contributed by atoms with E-state index in [2.05, 4.69) is 9.97 Å². The van der Waals surface area contributed by atoms with Gasteiger partial charge in [-0.2, -0.15) is 0 Å². The van der Waals surface area contributed by atoms with Gasteiger partial charge >= 0.3 is 6.09 Å². The summed E-state index contributed by atoms with van der Waals surface area (Å²) in [5.41, 5.74) is 2.87. The number of aliphatic hydroxyl groups excluding tert-OH is 1. The zero-order valence-electron chi connectivity index (χ0n) is 14.3. The van der Waals surface area contributed by atoms with E-state index < -0.39 is 0 Å². The Balaban J connectivity index is 1.65. The van der Waals surface area contributed by atoms with E-state index >= 15 is 0 Å². The van der Waals surface area contributed by atoms with Crippen LogP contribution in [0.1, 0.15) is 37.8 Å². The van der Waals surface area contributed by atoms with Gasteiger partial charge < -0.3 is 14.7 Å². The maximum absolute atomic E-state index is 12.3. The van der Waals surface area contributed by atoms with Crippen molar-refractivity contribution >= 4 is 6.09 Å². The van der Waals surface area contributed by atoms with Gasteiger partial charge in [0, 0.05) is 37.5 Å². The second-order valence-corrected chi connectivity index (χ2v) is 6.24. The molecule has 1 saturated heterocycles. The van der Waals surface area contributed by atoms with Gasteiger partial charge in [-0.15, -0.1) is 0 Å². The number of amides is 1. The van der Waals surface area contributed by atoms with Gasteiger partial charge in [0.05, 0.1) is 17.9 Å². The molecule has 0 aliphatic carbocycles. The average Bonchev–Trinajstić information content (AvgIpc) is 2.67. The molecule has 2 aromatic rings. The van der Waals surface area contributed by atoms with E-state index in [1.54, 1.807) is 23.5 Å². The largest absolute Gasteiger partial charge is 0.446 e. The minimum Gasteiger partial charge on any atom is -0.446 e. The smallest absolute Gasteiger partial charge is 0.410 e. The molecule has 6 heteroatoms. The van der Waals surface area contributed by atoms with E-state index in [1.165, 1.54) is 0 Å². The Kier molecular flexibility index (Phi) is 5.60. The molecule has 1 aliphatic rings. The molecule has 0 bridgehead atoms. The molecule has 2 unspecified atom stereocenters. The summed E-state index contributed by atoms with van der Waals surface area (Å²) in [5.74, 6) is 0. The van der Waals surface area contributed by atoms with Crippen molar-refractivity contribution in [2.45, 2.75) is 38.3 Å². The van der Waals surface area contributed by atoms with Crippen LogP contribution in [0.15, 0.2) is 42.9 Å². The maximum Gasteiger partial charge on any atom is 0.410 e. The van der Waals surface area contributed by atoms with Crippen molar-refractivity contribution in [1.82, 2.24) is 14.9 Å². The number of ether oxygens (including phenoxy) is 1. The SMILES string of the molecule is CC(c1ccc(-c2cnccn2)cc1)N1CCC(CCCO)OC1=O. The Hall–Kier alpha value is -2.47. The maximum atomic E-state index is 12.3. The average molecular weight is 341 g/mol. The first-order chi connectivity index (χ1) is 12.2. The second kappa shape index (κ2) is 8.07. The number of hydrogen-bond acceptors (Lipinski definition) is 5. The van der Waals surface area contributed by atoms with Gasteiger partial charge in [-0.05, 0) is 25.3 Å². The van der Waals surface area contributed by atoms with Crippen LogP contribution in [0.2, 0.25) is 0 Å². The van der Waals surface area contributed by atoms with Crippen LogP contribution >= 0.6 is 0 Å². The molecule has 1 aromatic heterocycles. The number of carbonyl (C=O) groups is 1. The molecule has 3 rings (SSSR count). The first-order valence-electron chi connectivity index (χ1n) is 8.63. The van der Waals surface area contributed by atoms with E-state index in [0.717, 1.165) is 29.7 Å².